The van der Waals surface area contributed by atoms with Crippen LogP contribution in [0.3, 0.4) is 0 Å². The van der Waals surface area contributed by atoms with Gasteiger partial charge in [0.05, 0.1) is 5.56 Å². The molecule has 0 aliphatic heterocycles. The number of rotatable bonds is 2. The lowest BCUT2D eigenvalue weighted by atomic mass is 9.99. The summed E-state index contributed by atoms with van der Waals surface area (Å²) >= 11 is 0. The Hall–Kier alpha value is -1.88. The van der Waals surface area contributed by atoms with E-state index in [0.717, 1.165) is 0 Å². The normalized spacial score (nSPS) is 13.3. The van der Waals surface area contributed by atoms with Crippen LogP contribution >= 0.6 is 0 Å². The SMILES string of the molecule is OC(c1ccccc1)c1cc(C(F)(F)F)ccc1F. The van der Waals surface area contributed by atoms with Crippen LogP contribution in [0.5, 0.6) is 0 Å². The van der Waals surface area contributed by atoms with Crippen LogP contribution < -0.4 is 0 Å². The zero-order chi connectivity index (χ0) is 14.0. The molecular formula is C14H10F4O. The molecule has 0 aliphatic carbocycles. The quantitative estimate of drug-likeness (QED) is 0.820. The number of alkyl halides is 3. The fraction of sp³-hybridized carbons (Fsp3) is 0.143. The third-order valence-corrected chi connectivity index (χ3v) is 2.73. The summed E-state index contributed by atoms with van der Waals surface area (Å²) in [6, 6.07) is 9.95. The van der Waals surface area contributed by atoms with Crippen molar-refractivity contribution in [3.05, 3.63) is 71.0 Å². The van der Waals surface area contributed by atoms with Crippen LogP contribution in [-0.4, -0.2) is 5.11 Å². The highest BCUT2D eigenvalue weighted by Gasteiger charge is 2.32. The third-order valence-electron chi connectivity index (χ3n) is 2.73. The molecule has 0 spiro atoms. The van der Waals surface area contributed by atoms with Crippen molar-refractivity contribution in [1.29, 1.82) is 0 Å². The van der Waals surface area contributed by atoms with Gasteiger partial charge < -0.3 is 5.11 Å². The van der Waals surface area contributed by atoms with Gasteiger partial charge in [0.15, 0.2) is 0 Å². The van der Waals surface area contributed by atoms with Crippen LogP contribution in [0.1, 0.15) is 22.8 Å². The summed E-state index contributed by atoms with van der Waals surface area (Å²) in [6.45, 7) is 0. The number of halogens is 4. The zero-order valence-corrected chi connectivity index (χ0v) is 9.66. The van der Waals surface area contributed by atoms with Gasteiger partial charge in [0.25, 0.3) is 0 Å². The van der Waals surface area contributed by atoms with Gasteiger partial charge in [0.1, 0.15) is 11.9 Å². The Morgan fingerprint density at radius 3 is 2.16 bits per heavy atom. The van der Waals surface area contributed by atoms with Crippen molar-refractivity contribution >= 4 is 0 Å². The molecule has 2 aromatic carbocycles. The summed E-state index contributed by atoms with van der Waals surface area (Å²) in [5, 5.41) is 9.96. The topological polar surface area (TPSA) is 20.2 Å². The zero-order valence-electron chi connectivity index (χ0n) is 9.66. The average Bonchev–Trinajstić information content (AvgIpc) is 2.38. The van der Waals surface area contributed by atoms with E-state index < -0.39 is 23.7 Å². The minimum absolute atomic E-state index is 0.334. The first-order chi connectivity index (χ1) is 8.89. The summed E-state index contributed by atoms with van der Waals surface area (Å²) in [5.74, 6) is -0.871. The highest BCUT2D eigenvalue weighted by atomic mass is 19.4. The maximum atomic E-state index is 13.6. The van der Waals surface area contributed by atoms with Crippen LogP contribution in [0.2, 0.25) is 0 Å². The summed E-state index contributed by atoms with van der Waals surface area (Å²) in [5.41, 5.74) is -1.04. The largest absolute Gasteiger partial charge is 0.416 e. The van der Waals surface area contributed by atoms with Crippen molar-refractivity contribution in [3.8, 4) is 0 Å². The summed E-state index contributed by atoms with van der Waals surface area (Å²) in [7, 11) is 0. The van der Waals surface area contributed by atoms with Gasteiger partial charge in [0, 0.05) is 5.56 Å². The van der Waals surface area contributed by atoms with Crippen LogP contribution in [0, 0.1) is 5.82 Å². The van der Waals surface area contributed by atoms with E-state index in [4.69, 9.17) is 0 Å². The van der Waals surface area contributed by atoms with E-state index in [1.807, 2.05) is 0 Å². The van der Waals surface area contributed by atoms with Gasteiger partial charge in [-0.25, -0.2) is 4.39 Å². The molecule has 1 N–H and O–H groups in total. The van der Waals surface area contributed by atoms with Gasteiger partial charge in [-0.1, -0.05) is 30.3 Å². The Bertz CT molecular complexity index is 563. The first kappa shape index (κ1) is 13.5. The summed E-state index contributed by atoms with van der Waals surface area (Å²) in [4.78, 5) is 0. The van der Waals surface area contributed by atoms with Crippen molar-refractivity contribution < 1.29 is 22.7 Å². The second-order valence-corrected chi connectivity index (χ2v) is 4.05. The monoisotopic (exact) mass is 270 g/mol. The van der Waals surface area contributed by atoms with Crippen LogP contribution in [0.25, 0.3) is 0 Å². The second-order valence-electron chi connectivity index (χ2n) is 4.05. The number of aliphatic hydroxyl groups excluding tert-OH is 1. The molecule has 0 fully saturated rings. The van der Waals surface area contributed by atoms with Crippen molar-refractivity contribution in [2.75, 3.05) is 0 Å². The second kappa shape index (κ2) is 5.01. The Morgan fingerprint density at radius 2 is 1.58 bits per heavy atom. The molecule has 19 heavy (non-hydrogen) atoms. The number of aliphatic hydroxyl groups is 1. The molecule has 0 aliphatic rings. The predicted octanol–water partition coefficient (Wildman–Crippen LogP) is 3.93. The number of hydrogen-bond donors (Lipinski definition) is 1. The molecule has 0 saturated heterocycles. The van der Waals surface area contributed by atoms with Gasteiger partial charge in [-0.15, -0.1) is 0 Å². The molecule has 0 heterocycles. The standard InChI is InChI=1S/C14H10F4O/c15-12-7-6-10(14(16,17)18)8-11(12)13(19)9-4-2-1-3-5-9/h1-8,13,19H. The molecule has 0 saturated carbocycles. The smallest absolute Gasteiger partial charge is 0.384 e. The lowest BCUT2D eigenvalue weighted by molar-refractivity contribution is -0.137. The van der Waals surface area contributed by atoms with E-state index in [1.165, 1.54) is 12.1 Å². The van der Waals surface area contributed by atoms with E-state index >= 15 is 0 Å². The molecule has 0 radical (unpaired) electrons. The first-order valence-electron chi connectivity index (χ1n) is 5.49. The molecule has 1 nitrogen and oxygen atoms in total. The first-order valence-corrected chi connectivity index (χ1v) is 5.49. The Morgan fingerprint density at radius 1 is 0.947 bits per heavy atom. The Kier molecular flexibility index (Phi) is 3.57. The van der Waals surface area contributed by atoms with E-state index in [-0.39, 0.29) is 5.56 Å². The predicted molar refractivity (Wildman–Crippen MR) is 61.9 cm³/mol. The van der Waals surface area contributed by atoms with Gasteiger partial charge in [0.2, 0.25) is 0 Å². The molecule has 100 valence electrons. The Balaban J connectivity index is 2.45. The average molecular weight is 270 g/mol. The molecular weight excluding hydrogens is 260 g/mol. The summed E-state index contributed by atoms with van der Waals surface area (Å²) in [6.07, 6.45) is -6.00. The fourth-order valence-electron chi connectivity index (χ4n) is 1.74. The van der Waals surface area contributed by atoms with E-state index in [2.05, 4.69) is 0 Å². The van der Waals surface area contributed by atoms with Crippen molar-refractivity contribution in [2.24, 2.45) is 0 Å². The van der Waals surface area contributed by atoms with Gasteiger partial charge in [-0.2, -0.15) is 13.2 Å². The third kappa shape index (κ3) is 2.93. The molecule has 0 aromatic heterocycles. The molecule has 1 unspecified atom stereocenters. The highest BCUT2D eigenvalue weighted by molar-refractivity contribution is 5.34. The van der Waals surface area contributed by atoms with Gasteiger partial charge >= 0.3 is 6.18 Å². The van der Waals surface area contributed by atoms with E-state index in [1.54, 1.807) is 18.2 Å². The van der Waals surface area contributed by atoms with Crippen LogP contribution in [0.4, 0.5) is 17.6 Å². The molecule has 2 aromatic rings. The summed E-state index contributed by atoms with van der Waals surface area (Å²) < 4.78 is 51.3. The molecule has 0 bridgehead atoms. The lowest BCUT2D eigenvalue weighted by Crippen LogP contribution is -2.09. The maximum absolute atomic E-state index is 13.6. The van der Waals surface area contributed by atoms with Crippen molar-refractivity contribution in [2.45, 2.75) is 12.3 Å². The van der Waals surface area contributed by atoms with Crippen molar-refractivity contribution in [1.82, 2.24) is 0 Å². The number of benzene rings is 2. The van der Waals surface area contributed by atoms with E-state index in [0.29, 0.717) is 23.8 Å². The highest BCUT2D eigenvalue weighted by Crippen LogP contribution is 2.33. The Labute approximate surface area is 107 Å². The fourth-order valence-corrected chi connectivity index (χ4v) is 1.74. The van der Waals surface area contributed by atoms with Crippen molar-refractivity contribution in [3.63, 3.8) is 0 Å². The maximum Gasteiger partial charge on any atom is 0.416 e. The van der Waals surface area contributed by atoms with Gasteiger partial charge in [-0.3, -0.25) is 0 Å². The minimum atomic E-state index is -4.57. The molecule has 1 atom stereocenters. The molecule has 5 heteroatoms. The van der Waals surface area contributed by atoms with Gasteiger partial charge in [-0.05, 0) is 23.8 Å². The molecule has 2 rings (SSSR count). The minimum Gasteiger partial charge on any atom is -0.384 e. The molecule has 0 amide bonds. The lowest BCUT2D eigenvalue weighted by Gasteiger charge is -2.15. The number of hydrogen-bond acceptors (Lipinski definition) is 1. The van der Waals surface area contributed by atoms with E-state index in [9.17, 15) is 22.7 Å². The van der Waals surface area contributed by atoms with Crippen LogP contribution in [-0.2, 0) is 6.18 Å². The van der Waals surface area contributed by atoms with Crippen LogP contribution in [0.15, 0.2) is 48.5 Å².